The van der Waals surface area contributed by atoms with Crippen LogP contribution < -0.4 is 5.43 Å². The second-order valence-corrected chi connectivity index (χ2v) is 6.07. The Labute approximate surface area is 119 Å². The van der Waals surface area contributed by atoms with E-state index in [0.717, 1.165) is 17.8 Å². The van der Waals surface area contributed by atoms with Gasteiger partial charge in [0.2, 0.25) is 6.04 Å². The average molecular weight is 269 g/mol. The molecule has 0 aromatic carbocycles. The molecule has 0 aliphatic carbocycles. The lowest BCUT2D eigenvalue weighted by Gasteiger charge is -2.10. The van der Waals surface area contributed by atoms with Crippen LogP contribution in [-0.2, 0) is 0 Å². The molecule has 0 aromatic heterocycles. The Morgan fingerprint density at radius 1 is 0.895 bits per heavy atom. The molecular formula is C16H33N2O+. The third-order valence-electron chi connectivity index (χ3n) is 4.39. The van der Waals surface area contributed by atoms with Crippen LogP contribution in [0.2, 0.25) is 0 Å². The molecule has 3 heteroatoms. The topological polar surface area (TPSA) is 32.1 Å². The van der Waals surface area contributed by atoms with Gasteiger partial charge in [0.1, 0.15) is 4.87 Å². The normalized spacial score (nSPS) is 22.7. The lowest BCUT2D eigenvalue weighted by atomic mass is 9.91. The van der Waals surface area contributed by atoms with Crippen molar-refractivity contribution in [2.45, 2.75) is 90.5 Å². The van der Waals surface area contributed by atoms with E-state index in [1.807, 2.05) is 0 Å². The second-order valence-electron chi connectivity index (χ2n) is 6.07. The Morgan fingerprint density at radius 2 is 1.47 bits per heavy atom. The molecule has 1 fully saturated rings. The summed E-state index contributed by atoms with van der Waals surface area (Å²) in [6.45, 7) is 5.39. The van der Waals surface area contributed by atoms with Crippen molar-refractivity contribution in [2.75, 3.05) is 6.54 Å². The second kappa shape index (κ2) is 10.2. The SMILES string of the molecule is CCCCCCCC1C(CCCCCC)CN[N+]1=O. The molecule has 2 unspecified atom stereocenters. The fraction of sp³-hybridized carbons (Fsp3) is 1.00. The van der Waals surface area contributed by atoms with Gasteiger partial charge in [-0.25, -0.2) is 0 Å². The number of hydrazine groups is 1. The molecule has 1 rings (SSSR count). The lowest BCUT2D eigenvalue weighted by molar-refractivity contribution is -0.622. The Bertz CT molecular complexity index is 243. The Morgan fingerprint density at radius 3 is 2.16 bits per heavy atom. The molecular weight excluding hydrogens is 236 g/mol. The van der Waals surface area contributed by atoms with Crippen LogP contribution >= 0.6 is 0 Å². The van der Waals surface area contributed by atoms with Crippen LogP contribution in [0, 0.1) is 10.8 Å². The number of nitrogens with zero attached hydrogens (tertiary/aromatic N) is 1. The van der Waals surface area contributed by atoms with Gasteiger partial charge in [-0.3, -0.25) is 0 Å². The quantitative estimate of drug-likeness (QED) is 0.439. The van der Waals surface area contributed by atoms with Crippen LogP contribution in [0.25, 0.3) is 0 Å². The maximum absolute atomic E-state index is 11.8. The van der Waals surface area contributed by atoms with E-state index in [4.69, 9.17) is 0 Å². The largest absolute Gasteiger partial charge is 0.239 e. The number of nitroso groups, excluding NO2 is 1. The van der Waals surface area contributed by atoms with Gasteiger partial charge in [0.05, 0.1) is 17.4 Å². The van der Waals surface area contributed by atoms with Gasteiger partial charge in [-0.15, -0.1) is 0 Å². The zero-order valence-electron chi connectivity index (χ0n) is 13.0. The standard InChI is InChI=1S/C16H33N2O/c1-3-5-7-9-11-13-16-15(14-17-18(16)19)12-10-8-6-4-2/h15-16H,3-14H2,1-2H3,(H,17,19)/q+1. The molecule has 0 saturated carbocycles. The van der Waals surface area contributed by atoms with Gasteiger partial charge in [-0.1, -0.05) is 65.2 Å². The number of hydrogen-bond donors (Lipinski definition) is 1. The first-order valence-corrected chi connectivity index (χ1v) is 8.49. The molecule has 0 bridgehead atoms. The Balaban J connectivity index is 2.17. The van der Waals surface area contributed by atoms with Crippen LogP contribution in [0.4, 0.5) is 0 Å². The van der Waals surface area contributed by atoms with Gasteiger partial charge >= 0.3 is 0 Å². The van der Waals surface area contributed by atoms with Gasteiger partial charge in [0.15, 0.2) is 0 Å². The fourth-order valence-electron chi connectivity index (χ4n) is 3.09. The molecule has 1 saturated heterocycles. The minimum atomic E-state index is 0.239. The van der Waals surface area contributed by atoms with E-state index in [0.29, 0.717) is 5.92 Å². The van der Waals surface area contributed by atoms with Crippen molar-refractivity contribution in [2.24, 2.45) is 5.92 Å². The first-order chi connectivity index (χ1) is 9.29. The van der Waals surface area contributed by atoms with Crippen molar-refractivity contribution in [3.05, 3.63) is 4.91 Å². The summed E-state index contributed by atoms with van der Waals surface area (Å²) in [4.78, 5) is 12.9. The highest BCUT2D eigenvalue weighted by molar-refractivity contribution is 4.74. The van der Waals surface area contributed by atoms with Gasteiger partial charge in [0, 0.05) is 6.42 Å². The zero-order chi connectivity index (χ0) is 13.9. The number of hydrogen-bond acceptors (Lipinski definition) is 1. The van der Waals surface area contributed by atoms with Crippen LogP contribution in [0.5, 0.6) is 0 Å². The summed E-state index contributed by atoms with van der Waals surface area (Å²) in [5.41, 5.74) is 2.99. The van der Waals surface area contributed by atoms with Crippen molar-refractivity contribution in [3.8, 4) is 0 Å². The summed E-state index contributed by atoms with van der Waals surface area (Å²) in [5, 5.41) is 0. The van der Waals surface area contributed by atoms with E-state index in [1.165, 1.54) is 64.2 Å². The molecule has 112 valence electrons. The van der Waals surface area contributed by atoms with E-state index in [1.54, 1.807) is 0 Å². The molecule has 1 aliphatic heterocycles. The summed E-state index contributed by atoms with van der Waals surface area (Å²) >= 11 is 0. The third-order valence-corrected chi connectivity index (χ3v) is 4.39. The van der Waals surface area contributed by atoms with E-state index in [2.05, 4.69) is 19.3 Å². The summed E-state index contributed by atoms with van der Waals surface area (Å²) in [6, 6.07) is 0.239. The summed E-state index contributed by atoms with van der Waals surface area (Å²) in [6.07, 6.45) is 14.0. The molecule has 0 spiro atoms. The first-order valence-electron chi connectivity index (χ1n) is 8.49. The van der Waals surface area contributed by atoms with E-state index < -0.39 is 0 Å². The highest BCUT2D eigenvalue weighted by Gasteiger charge is 2.40. The molecule has 1 aliphatic rings. The zero-order valence-corrected chi connectivity index (χ0v) is 13.0. The van der Waals surface area contributed by atoms with Gasteiger partial charge in [0.25, 0.3) is 0 Å². The monoisotopic (exact) mass is 269 g/mol. The highest BCUT2D eigenvalue weighted by atomic mass is 16.3. The van der Waals surface area contributed by atoms with E-state index in [-0.39, 0.29) is 6.04 Å². The van der Waals surface area contributed by atoms with Crippen LogP contribution in [0.1, 0.15) is 84.5 Å². The van der Waals surface area contributed by atoms with Crippen molar-refractivity contribution >= 4 is 0 Å². The van der Waals surface area contributed by atoms with Gasteiger partial charge in [-0.05, 0) is 12.8 Å². The summed E-state index contributed by atoms with van der Waals surface area (Å²) in [5.74, 6) is 0.584. The molecule has 0 radical (unpaired) electrons. The predicted molar refractivity (Wildman–Crippen MR) is 81.0 cm³/mol. The Hall–Kier alpha value is -0.600. The molecule has 19 heavy (non-hydrogen) atoms. The lowest BCUT2D eigenvalue weighted by Crippen LogP contribution is -2.26. The third kappa shape index (κ3) is 6.40. The first kappa shape index (κ1) is 16.5. The van der Waals surface area contributed by atoms with Crippen molar-refractivity contribution < 1.29 is 4.87 Å². The van der Waals surface area contributed by atoms with Gasteiger partial charge < -0.3 is 0 Å². The molecule has 3 nitrogen and oxygen atoms in total. The number of unbranched alkanes of at least 4 members (excludes halogenated alkanes) is 7. The van der Waals surface area contributed by atoms with E-state index >= 15 is 0 Å². The van der Waals surface area contributed by atoms with Crippen LogP contribution in [0.3, 0.4) is 0 Å². The maximum Gasteiger partial charge on any atom is 0.239 e. The van der Waals surface area contributed by atoms with Crippen LogP contribution in [0.15, 0.2) is 0 Å². The molecule has 1 heterocycles. The van der Waals surface area contributed by atoms with E-state index in [9.17, 15) is 4.91 Å². The minimum Gasteiger partial charge on any atom is -0.152 e. The summed E-state index contributed by atoms with van der Waals surface area (Å²) in [7, 11) is 0. The molecule has 0 aromatic rings. The van der Waals surface area contributed by atoms with Crippen molar-refractivity contribution in [1.29, 1.82) is 0 Å². The summed E-state index contributed by atoms with van der Waals surface area (Å²) < 4.78 is 0. The van der Waals surface area contributed by atoms with Crippen molar-refractivity contribution in [3.63, 3.8) is 0 Å². The minimum absolute atomic E-state index is 0.239. The van der Waals surface area contributed by atoms with Gasteiger partial charge in [-0.2, -0.15) is 5.43 Å². The van der Waals surface area contributed by atoms with Crippen molar-refractivity contribution in [1.82, 2.24) is 5.43 Å². The fourth-order valence-corrected chi connectivity index (χ4v) is 3.09. The number of rotatable bonds is 11. The predicted octanol–water partition coefficient (Wildman–Crippen LogP) is 4.60. The Kier molecular flexibility index (Phi) is 8.85. The molecule has 0 amide bonds. The van der Waals surface area contributed by atoms with Crippen LogP contribution in [-0.4, -0.2) is 17.5 Å². The smallest absolute Gasteiger partial charge is 0.152 e. The maximum atomic E-state index is 11.8. The number of nitrogens with one attached hydrogen (secondary N) is 1. The molecule has 2 atom stereocenters. The highest BCUT2D eigenvalue weighted by Crippen LogP contribution is 2.24. The molecule has 1 N–H and O–H groups in total. The average Bonchev–Trinajstić information content (AvgIpc) is 2.76.